The zero-order chi connectivity index (χ0) is 8.15. The largest absolute Gasteiger partial charge is 0.495 e. The standard InChI is InChI=1S/C5H8FN3O/c1-3(10)9-2-4(6)5(7)8/h2,9-10H,1H2,(H3,7,8). The SMILES string of the molecule is C=C(O)NC=C(F)C(=N)N. The zero-order valence-electron chi connectivity index (χ0n) is 5.19. The second-order valence-corrected chi connectivity index (χ2v) is 1.50. The Balaban J connectivity index is 3.92. The van der Waals surface area contributed by atoms with Crippen molar-refractivity contribution >= 4 is 5.84 Å². The molecule has 0 bridgehead atoms. The number of hydrogen-bond acceptors (Lipinski definition) is 3. The first-order valence-electron chi connectivity index (χ1n) is 2.38. The second-order valence-electron chi connectivity index (χ2n) is 1.50. The van der Waals surface area contributed by atoms with E-state index in [0.717, 1.165) is 6.20 Å². The highest BCUT2D eigenvalue weighted by Gasteiger charge is 1.95. The fourth-order valence-corrected chi connectivity index (χ4v) is 0.224. The molecule has 0 fully saturated rings. The Kier molecular flexibility index (Phi) is 2.96. The summed E-state index contributed by atoms with van der Waals surface area (Å²) in [5, 5.41) is 16.9. The molecule has 56 valence electrons. The predicted octanol–water partition coefficient (Wildman–Crippen LogP) is 0.352. The monoisotopic (exact) mass is 145 g/mol. The first-order chi connectivity index (χ1) is 4.54. The molecule has 0 aromatic carbocycles. The molecule has 0 spiro atoms. The van der Waals surface area contributed by atoms with E-state index in [9.17, 15) is 4.39 Å². The van der Waals surface area contributed by atoms with E-state index >= 15 is 0 Å². The van der Waals surface area contributed by atoms with E-state index in [1.807, 2.05) is 5.32 Å². The maximum atomic E-state index is 12.2. The van der Waals surface area contributed by atoms with Gasteiger partial charge in [0.25, 0.3) is 0 Å². The van der Waals surface area contributed by atoms with Gasteiger partial charge in [-0.1, -0.05) is 0 Å². The van der Waals surface area contributed by atoms with Crippen molar-refractivity contribution in [2.45, 2.75) is 0 Å². The normalized spacial score (nSPS) is 10.7. The minimum Gasteiger partial charge on any atom is -0.495 e. The van der Waals surface area contributed by atoms with Gasteiger partial charge in [0.05, 0.1) is 0 Å². The summed E-state index contributed by atoms with van der Waals surface area (Å²) in [6.45, 7) is 3.01. The maximum absolute atomic E-state index is 12.2. The summed E-state index contributed by atoms with van der Waals surface area (Å²) in [5.74, 6) is -2.06. The third kappa shape index (κ3) is 3.48. The zero-order valence-corrected chi connectivity index (χ0v) is 5.19. The van der Waals surface area contributed by atoms with Gasteiger partial charge in [-0.2, -0.15) is 0 Å². The molecule has 10 heavy (non-hydrogen) atoms. The average Bonchev–Trinajstić information content (AvgIpc) is 1.82. The van der Waals surface area contributed by atoms with Crippen molar-refractivity contribution in [2.24, 2.45) is 5.73 Å². The number of aliphatic hydroxyl groups is 1. The average molecular weight is 145 g/mol. The van der Waals surface area contributed by atoms with E-state index in [0.29, 0.717) is 0 Å². The van der Waals surface area contributed by atoms with Crippen LogP contribution in [0.25, 0.3) is 0 Å². The highest BCUT2D eigenvalue weighted by atomic mass is 19.1. The van der Waals surface area contributed by atoms with Crippen molar-refractivity contribution in [3.8, 4) is 0 Å². The minimum atomic E-state index is -0.949. The summed E-state index contributed by atoms with van der Waals surface area (Å²) < 4.78 is 12.2. The lowest BCUT2D eigenvalue weighted by Gasteiger charge is -1.95. The molecule has 0 aliphatic carbocycles. The Labute approximate surface area is 57.4 Å². The van der Waals surface area contributed by atoms with E-state index in [2.05, 4.69) is 6.58 Å². The molecule has 0 heterocycles. The van der Waals surface area contributed by atoms with Gasteiger partial charge in [0.1, 0.15) is 0 Å². The van der Waals surface area contributed by atoms with Crippen LogP contribution in [0.5, 0.6) is 0 Å². The molecule has 5 heteroatoms. The molecule has 0 aromatic rings. The molecule has 0 aliphatic heterocycles. The van der Waals surface area contributed by atoms with Crippen LogP contribution in [0.15, 0.2) is 24.5 Å². The first-order valence-corrected chi connectivity index (χ1v) is 2.38. The third-order valence-electron chi connectivity index (χ3n) is 0.623. The minimum absolute atomic E-state index is 0.406. The second kappa shape index (κ2) is 3.49. The lowest BCUT2D eigenvalue weighted by molar-refractivity contribution is 0.384. The molecular formula is C5H8FN3O. The van der Waals surface area contributed by atoms with Crippen LogP contribution in [0.1, 0.15) is 0 Å². The number of halogens is 1. The van der Waals surface area contributed by atoms with Crippen LogP contribution in [-0.4, -0.2) is 10.9 Å². The third-order valence-corrected chi connectivity index (χ3v) is 0.623. The fraction of sp³-hybridized carbons (Fsp3) is 0. The molecule has 4 nitrogen and oxygen atoms in total. The summed E-state index contributed by atoms with van der Waals surface area (Å²) in [5.41, 5.74) is 4.71. The van der Waals surface area contributed by atoms with Crippen LogP contribution in [0.2, 0.25) is 0 Å². The van der Waals surface area contributed by atoms with Crippen molar-refractivity contribution in [1.29, 1.82) is 5.41 Å². The van der Waals surface area contributed by atoms with Crippen molar-refractivity contribution in [2.75, 3.05) is 0 Å². The quantitative estimate of drug-likeness (QED) is 0.263. The van der Waals surface area contributed by atoms with Gasteiger partial charge >= 0.3 is 0 Å². The topological polar surface area (TPSA) is 82.1 Å². The van der Waals surface area contributed by atoms with Gasteiger partial charge in [0, 0.05) is 6.20 Å². The molecule has 0 saturated heterocycles. The van der Waals surface area contributed by atoms with Gasteiger partial charge in [-0.15, -0.1) is 0 Å². The van der Waals surface area contributed by atoms with Crippen LogP contribution >= 0.6 is 0 Å². The van der Waals surface area contributed by atoms with Gasteiger partial charge in [-0.3, -0.25) is 5.41 Å². The molecule has 0 aromatic heterocycles. The van der Waals surface area contributed by atoms with Crippen LogP contribution in [0, 0.1) is 5.41 Å². The van der Waals surface area contributed by atoms with E-state index in [4.69, 9.17) is 16.2 Å². The van der Waals surface area contributed by atoms with Crippen molar-refractivity contribution < 1.29 is 9.50 Å². The molecule has 5 N–H and O–H groups in total. The number of hydrogen-bond donors (Lipinski definition) is 4. The van der Waals surface area contributed by atoms with E-state index in [-0.39, 0.29) is 0 Å². The van der Waals surface area contributed by atoms with Gasteiger partial charge < -0.3 is 16.2 Å². The van der Waals surface area contributed by atoms with Gasteiger partial charge in [0.15, 0.2) is 17.5 Å². The Morgan fingerprint density at radius 1 is 1.80 bits per heavy atom. The van der Waals surface area contributed by atoms with Crippen LogP contribution < -0.4 is 11.1 Å². The molecule has 0 atom stereocenters. The van der Waals surface area contributed by atoms with Gasteiger partial charge in [0.2, 0.25) is 0 Å². The lowest BCUT2D eigenvalue weighted by atomic mass is 10.5. The summed E-state index contributed by atoms with van der Waals surface area (Å²) in [6, 6.07) is 0. The Morgan fingerprint density at radius 3 is 2.60 bits per heavy atom. The lowest BCUT2D eigenvalue weighted by Crippen LogP contribution is -2.13. The summed E-state index contributed by atoms with van der Waals surface area (Å²) in [7, 11) is 0. The smallest absolute Gasteiger partial charge is 0.180 e. The summed E-state index contributed by atoms with van der Waals surface area (Å²) in [4.78, 5) is 0. The Morgan fingerprint density at radius 2 is 2.30 bits per heavy atom. The number of nitrogens with one attached hydrogen (secondary N) is 2. The Hall–Kier alpha value is -1.52. The van der Waals surface area contributed by atoms with Crippen LogP contribution in [0.4, 0.5) is 4.39 Å². The molecule has 0 rings (SSSR count). The van der Waals surface area contributed by atoms with Crippen molar-refractivity contribution in [1.82, 2.24) is 5.32 Å². The molecule has 0 saturated carbocycles. The van der Waals surface area contributed by atoms with Crippen molar-refractivity contribution in [3.63, 3.8) is 0 Å². The summed E-state index contributed by atoms with van der Waals surface area (Å²) >= 11 is 0. The highest BCUT2D eigenvalue weighted by molar-refractivity contribution is 5.91. The number of aliphatic hydroxyl groups excluding tert-OH is 1. The van der Waals surface area contributed by atoms with Crippen LogP contribution in [0.3, 0.4) is 0 Å². The Bertz CT molecular complexity index is 187. The van der Waals surface area contributed by atoms with Crippen LogP contribution in [-0.2, 0) is 0 Å². The molecule has 0 aliphatic rings. The number of nitrogens with two attached hydrogens (primary N) is 1. The highest BCUT2D eigenvalue weighted by Crippen LogP contribution is 1.91. The number of amidine groups is 1. The predicted molar refractivity (Wildman–Crippen MR) is 36.0 cm³/mol. The van der Waals surface area contributed by atoms with Crippen molar-refractivity contribution in [3.05, 3.63) is 24.5 Å². The van der Waals surface area contributed by atoms with E-state index in [1.54, 1.807) is 0 Å². The molecule has 0 unspecified atom stereocenters. The van der Waals surface area contributed by atoms with E-state index in [1.165, 1.54) is 0 Å². The van der Waals surface area contributed by atoms with Gasteiger partial charge in [-0.05, 0) is 6.58 Å². The van der Waals surface area contributed by atoms with Gasteiger partial charge in [-0.25, -0.2) is 4.39 Å². The molecule has 0 radical (unpaired) electrons. The molecular weight excluding hydrogens is 137 g/mol. The molecule has 0 amide bonds. The number of rotatable bonds is 3. The van der Waals surface area contributed by atoms with E-state index < -0.39 is 17.5 Å². The first kappa shape index (κ1) is 8.48. The maximum Gasteiger partial charge on any atom is 0.180 e. The fourth-order valence-electron chi connectivity index (χ4n) is 0.224. The summed E-state index contributed by atoms with van der Waals surface area (Å²) in [6.07, 6.45) is 0.741.